The van der Waals surface area contributed by atoms with Gasteiger partial charge in [-0.25, -0.2) is 14.4 Å². The van der Waals surface area contributed by atoms with Gasteiger partial charge in [0.15, 0.2) is 11.2 Å². The maximum Gasteiger partial charge on any atom is 0.255 e. The standard InChI is InChI=1S/C28H20FN5O3S/c29-22-13-19(8-5-17-3-6-18(15-35)7-4-17)12-20-21(22)14-34(27(20)37)25(26(36)32-28-30-9-11-38-28)24-23-2-1-10-33(23)16-31-24/h3-4,6-7,9,11-13,15-16,25H,1-2,10,14H2,(H,30,32,36). The first-order valence-corrected chi connectivity index (χ1v) is 12.8. The fourth-order valence-electron chi connectivity index (χ4n) is 4.86. The monoisotopic (exact) mass is 525 g/mol. The Kier molecular flexibility index (Phi) is 6.05. The highest BCUT2D eigenvalue weighted by atomic mass is 32.1. The summed E-state index contributed by atoms with van der Waals surface area (Å²) in [5, 5.41) is 4.93. The first-order valence-electron chi connectivity index (χ1n) is 12.0. The van der Waals surface area contributed by atoms with Crippen molar-refractivity contribution in [3.8, 4) is 11.8 Å². The normalized spacial score (nSPS) is 14.4. The number of rotatable bonds is 5. The summed E-state index contributed by atoms with van der Waals surface area (Å²) in [6, 6.07) is 8.49. The number of carbonyl (C=O) groups is 3. The number of benzene rings is 2. The largest absolute Gasteiger partial charge is 0.334 e. The van der Waals surface area contributed by atoms with Gasteiger partial charge in [0.1, 0.15) is 12.1 Å². The van der Waals surface area contributed by atoms with E-state index in [1.54, 1.807) is 48.2 Å². The van der Waals surface area contributed by atoms with E-state index in [1.807, 2.05) is 4.57 Å². The minimum atomic E-state index is -1.04. The molecule has 2 aliphatic rings. The lowest BCUT2D eigenvalue weighted by molar-refractivity contribution is -0.121. The van der Waals surface area contributed by atoms with Crippen LogP contribution in [0.15, 0.2) is 54.3 Å². The zero-order chi connectivity index (χ0) is 26.2. The fraction of sp³-hybridized carbons (Fsp3) is 0.179. The number of thiazole rings is 1. The molecule has 4 heterocycles. The van der Waals surface area contributed by atoms with Gasteiger partial charge in [-0.15, -0.1) is 11.3 Å². The van der Waals surface area contributed by atoms with Gasteiger partial charge in [0.05, 0.1) is 18.6 Å². The molecule has 0 saturated carbocycles. The van der Waals surface area contributed by atoms with Gasteiger partial charge in [0.2, 0.25) is 0 Å². The van der Waals surface area contributed by atoms with Crippen LogP contribution in [0.3, 0.4) is 0 Å². The number of nitrogens with zero attached hydrogens (tertiary/aromatic N) is 4. The Balaban J connectivity index is 1.34. The van der Waals surface area contributed by atoms with Crippen molar-refractivity contribution in [2.24, 2.45) is 0 Å². The van der Waals surface area contributed by atoms with Gasteiger partial charge in [-0.1, -0.05) is 24.0 Å². The molecule has 1 unspecified atom stereocenters. The van der Waals surface area contributed by atoms with Crippen LogP contribution >= 0.6 is 11.3 Å². The summed E-state index contributed by atoms with van der Waals surface area (Å²) < 4.78 is 17.2. The van der Waals surface area contributed by atoms with Gasteiger partial charge in [0, 0.05) is 51.6 Å². The Morgan fingerprint density at radius 2 is 1.97 bits per heavy atom. The van der Waals surface area contributed by atoms with Gasteiger partial charge in [-0.3, -0.25) is 19.7 Å². The number of halogens is 1. The Labute approximate surface area is 221 Å². The molecule has 2 amide bonds. The van der Waals surface area contributed by atoms with Gasteiger partial charge in [-0.05, 0) is 37.1 Å². The Morgan fingerprint density at radius 1 is 1.16 bits per heavy atom. The van der Waals surface area contributed by atoms with Crippen molar-refractivity contribution in [3.05, 3.63) is 99.3 Å². The lowest BCUT2D eigenvalue weighted by Gasteiger charge is -2.26. The van der Waals surface area contributed by atoms with Gasteiger partial charge in [0.25, 0.3) is 11.8 Å². The first-order chi connectivity index (χ1) is 18.5. The molecular formula is C28H20FN5O3S. The van der Waals surface area contributed by atoms with Crippen molar-refractivity contribution in [2.45, 2.75) is 32.0 Å². The molecule has 0 aliphatic carbocycles. The summed E-state index contributed by atoms with van der Waals surface area (Å²) in [7, 11) is 0. The van der Waals surface area contributed by atoms with E-state index in [2.05, 4.69) is 27.1 Å². The molecule has 10 heteroatoms. The second-order valence-corrected chi connectivity index (χ2v) is 9.90. The van der Waals surface area contributed by atoms with Gasteiger partial charge >= 0.3 is 0 Å². The third-order valence-corrected chi connectivity index (χ3v) is 7.37. The molecule has 0 saturated heterocycles. The molecular weight excluding hydrogens is 505 g/mol. The average Bonchev–Trinajstić information content (AvgIpc) is 3.72. The highest BCUT2D eigenvalue weighted by Gasteiger charge is 2.42. The molecule has 0 fully saturated rings. The third-order valence-electron chi connectivity index (χ3n) is 6.69. The highest BCUT2D eigenvalue weighted by Crippen LogP contribution is 2.36. The highest BCUT2D eigenvalue weighted by molar-refractivity contribution is 7.13. The Bertz CT molecular complexity index is 1630. The van der Waals surface area contributed by atoms with E-state index in [9.17, 15) is 14.4 Å². The molecule has 4 aromatic rings. The minimum absolute atomic E-state index is 0.0663. The predicted octanol–water partition coefficient (Wildman–Crippen LogP) is 3.97. The van der Waals surface area contributed by atoms with E-state index in [-0.39, 0.29) is 17.7 Å². The van der Waals surface area contributed by atoms with E-state index < -0.39 is 23.7 Å². The Morgan fingerprint density at radius 3 is 2.74 bits per heavy atom. The lowest BCUT2D eigenvalue weighted by Crippen LogP contribution is -2.38. The molecule has 2 aromatic heterocycles. The van der Waals surface area contributed by atoms with Gasteiger partial charge in [-0.2, -0.15) is 0 Å². The first kappa shape index (κ1) is 23.8. The van der Waals surface area contributed by atoms with Crippen molar-refractivity contribution >= 4 is 34.6 Å². The summed E-state index contributed by atoms with van der Waals surface area (Å²) in [4.78, 5) is 48.0. The van der Waals surface area contributed by atoms with Gasteiger partial charge < -0.3 is 9.47 Å². The average molecular weight is 526 g/mol. The molecule has 8 nitrogen and oxygen atoms in total. The van der Waals surface area contributed by atoms with Crippen LogP contribution in [-0.4, -0.2) is 37.5 Å². The van der Waals surface area contributed by atoms with Crippen molar-refractivity contribution in [2.75, 3.05) is 5.32 Å². The maximum atomic E-state index is 15.2. The van der Waals surface area contributed by atoms with Crippen LogP contribution in [0.1, 0.15) is 61.3 Å². The number of hydrogen-bond acceptors (Lipinski definition) is 6. The van der Waals surface area contributed by atoms with E-state index in [1.165, 1.54) is 22.3 Å². The van der Waals surface area contributed by atoms with Crippen molar-refractivity contribution in [1.29, 1.82) is 0 Å². The van der Waals surface area contributed by atoms with Crippen LogP contribution in [0.4, 0.5) is 9.52 Å². The smallest absolute Gasteiger partial charge is 0.255 e. The molecule has 0 bridgehead atoms. The van der Waals surface area contributed by atoms with E-state index in [0.717, 1.165) is 31.4 Å². The number of aromatic nitrogens is 3. The Hall–Kier alpha value is -4.62. The van der Waals surface area contributed by atoms with Crippen LogP contribution in [0.25, 0.3) is 0 Å². The minimum Gasteiger partial charge on any atom is -0.334 e. The molecule has 1 N–H and O–H groups in total. The summed E-state index contributed by atoms with van der Waals surface area (Å²) in [6.07, 6.45) is 5.68. The third kappa shape index (κ3) is 4.27. The van der Waals surface area contributed by atoms with E-state index >= 15 is 4.39 Å². The zero-order valence-corrected chi connectivity index (χ0v) is 20.8. The number of fused-ring (bicyclic) bond motifs is 2. The summed E-state index contributed by atoms with van der Waals surface area (Å²) >= 11 is 1.27. The number of anilines is 1. The molecule has 0 spiro atoms. The number of imidazole rings is 1. The summed E-state index contributed by atoms with van der Waals surface area (Å²) in [5.74, 6) is 4.36. The SMILES string of the molecule is O=Cc1ccc(C#Cc2cc(F)c3c(c2)C(=O)N(C(C(=O)Nc2nccs2)c2ncn4c2CCC4)C3)cc1. The van der Waals surface area contributed by atoms with Crippen LogP contribution in [0.2, 0.25) is 0 Å². The molecule has 188 valence electrons. The molecule has 0 radical (unpaired) electrons. The molecule has 38 heavy (non-hydrogen) atoms. The topological polar surface area (TPSA) is 97.2 Å². The maximum absolute atomic E-state index is 15.2. The second kappa shape index (κ2) is 9.68. The van der Waals surface area contributed by atoms with Crippen LogP contribution in [-0.2, 0) is 24.3 Å². The molecule has 6 rings (SSSR count). The fourth-order valence-corrected chi connectivity index (χ4v) is 5.39. The lowest BCUT2D eigenvalue weighted by atomic mass is 10.0. The van der Waals surface area contributed by atoms with Crippen molar-refractivity contribution in [1.82, 2.24) is 19.4 Å². The zero-order valence-electron chi connectivity index (χ0n) is 20.0. The van der Waals surface area contributed by atoms with Crippen LogP contribution in [0, 0.1) is 17.7 Å². The number of nitrogens with one attached hydrogen (secondary N) is 1. The summed E-state index contributed by atoms with van der Waals surface area (Å²) in [5.41, 5.74) is 3.31. The van der Waals surface area contributed by atoms with Crippen LogP contribution in [0.5, 0.6) is 0 Å². The second-order valence-electron chi connectivity index (χ2n) is 9.01. The predicted molar refractivity (Wildman–Crippen MR) is 138 cm³/mol. The molecule has 2 aromatic carbocycles. The molecule has 2 aliphatic heterocycles. The number of carbonyl (C=O) groups excluding carboxylic acids is 3. The van der Waals surface area contributed by atoms with Crippen molar-refractivity contribution in [3.63, 3.8) is 0 Å². The number of amides is 2. The van der Waals surface area contributed by atoms with Crippen molar-refractivity contribution < 1.29 is 18.8 Å². The number of aldehydes is 1. The summed E-state index contributed by atoms with van der Waals surface area (Å²) in [6.45, 7) is 0.731. The molecule has 1 atom stereocenters. The number of hydrogen-bond donors (Lipinski definition) is 1. The van der Waals surface area contributed by atoms with Crippen LogP contribution < -0.4 is 5.32 Å². The quantitative estimate of drug-likeness (QED) is 0.314. The van der Waals surface area contributed by atoms with E-state index in [4.69, 9.17) is 0 Å². The van der Waals surface area contributed by atoms with E-state index in [0.29, 0.717) is 27.5 Å². The number of aryl methyl sites for hydroxylation is 1.